The summed E-state index contributed by atoms with van der Waals surface area (Å²) in [7, 11) is 0. The largest absolute Gasteiger partial charge is 0.444 e. The monoisotopic (exact) mass is 201 g/mol. The van der Waals surface area contributed by atoms with Gasteiger partial charge in [-0.25, -0.2) is 4.98 Å². The molecule has 54 valence electrons. The van der Waals surface area contributed by atoms with E-state index in [4.69, 9.17) is 4.42 Å². The zero-order valence-electron chi connectivity index (χ0n) is 5.72. The van der Waals surface area contributed by atoms with Crippen LogP contribution in [-0.4, -0.2) is 4.98 Å². The van der Waals surface area contributed by atoms with Crippen LogP contribution >= 0.6 is 15.9 Å². The van der Waals surface area contributed by atoms with Crippen molar-refractivity contribution in [1.82, 2.24) is 4.98 Å². The highest BCUT2D eigenvalue weighted by molar-refractivity contribution is 9.10. The quantitative estimate of drug-likeness (QED) is 0.699. The van der Waals surface area contributed by atoms with Gasteiger partial charge in [-0.05, 0) is 35.7 Å². The van der Waals surface area contributed by atoms with Crippen LogP contribution in [0.5, 0.6) is 0 Å². The molecular formula is C7H8BrNO. The van der Waals surface area contributed by atoms with Crippen molar-refractivity contribution in [2.75, 3.05) is 0 Å². The molecule has 0 aliphatic heterocycles. The third kappa shape index (κ3) is 0.985. The third-order valence-electron chi connectivity index (χ3n) is 1.68. The van der Waals surface area contributed by atoms with Crippen molar-refractivity contribution in [3.8, 4) is 0 Å². The van der Waals surface area contributed by atoms with Crippen molar-refractivity contribution in [3.05, 3.63) is 16.3 Å². The van der Waals surface area contributed by atoms with Crippen molar-refractivity contribution in [2.24, 2.45) is 0 Å². The molecule has 0 radical (unpaired) electrons. The van der Waals surface area contributed by atoms with E-state index < -0.39 is 0 Å². The van der Waals surface area contributed by atoms with Gasteiger partial charge in [-0.15, -0.1) is 0 Å². The summed E-state index contributed by atoms with van der Waals surface area (Å²) >= 11 is 3.31. The van der Waals surface area contributed by atoms with E-state index in [0.717, 1.165) is 16.3 Å². The van der Waals surface area contributed by atoms with Gasteiger partial charge < -0.3 is 4.42 Å². The van der Waals surface area contributed by atoms with Gasteiger partial charge in [-0.2, -0.15) is 0 Å². The van der Waals surface area contributed by atoms with Crippen LogP contribution in [0.3, 0.4) is 0 Å². The van der Waals surface area contributed by atoms with Gasteiger partial charge in [0.15, 0.2) is 5.89 Å². The van der Waals surface area contributed by atoms with Crippen LogP contribution in [0.25, 0.3) is 0 Å². The highest BCUT2D eigenvalue weighted by Gasteiger charge is 2.29. The molecule has 1 aromatic rings. The van der Waals surface area contributed by atoms with Crippen LogP contribution in [-0.2, 0) is 0 Å². The second kappa shape index (κ2) is 2.09. The minimum Gasteiger partial charge on any atom is -0.444 e. The SMILES string of the molecule is Cc1oc(C2CC2)nc1Br. The predicted molar refractivity (Wildman–Crippen MR) is 40.9 cm³/mol. The first-order valence-electron chi connectivity index (χ1n) is 3.40. The number of oxazole rings is 1. The van der Waals surface area contributed by atoms with Gasteiger partial charge in [0, 0.05) is 5.92 Å². The maximum absolute atomic E-state index is 5.38. The predicted octanol–water partition coefficient (Wildman–Crippen LogP) is 2.62. The average molecular weight is 202 g/mol. The Hall–Kier alpha value is -0.310. The van der Waals surface area contributed by atoms with Gasteiger partial charge in [0.25, 0.3) is 0 Å². The number of hydrogen-bond donors (Lipinski definition) is 0. The Bertz CT molecular complexity index is 233. The van der Waals surface area contributed by atoms with E-state index in [1.807, 2.05) is 6.92 Å². The first-order valence-corrected chi connectivity index (χ1v) is 4.19. The van der Waals surface area contributed by atoms with E-state index in [2.05, 4.69) is 20.9 Å². The Morgan fingerprint density at radius 3 is 2.70 bits per heavy atom. The van der Waals surface area contributed by atoms with Crippen molar-refractivity contribution >= 4 is 15.9 Å². The van der Waals surface area contributed by atoms with E-state index in [0.29, 0.717) is 5.92 Å². The number of aryl methyl sites for hydroxylation is 1. The summed E-state index contributed by atoms with van der Waals surface area (Å²) in [6.07, 6.45) is 2.48. The molecule has 0 N–H and O–H groups in total. The van der Waals surface area contributed by atoms with Crippen LogP contribution in [0.15, 0.2) is 9.02 Å². The summed E-state index contributed by atoms with van der Waals surface area (Å²) in [4.78, 5) is 4.22. The molecule has 1 aliphatic rings. The van der Waals surface area contributed by atoms with Crippen LogP contribution in [0, 0.1) is 6.92 Å². The van der Waals surface area contributed by atoms with E-state index in [1.165, 1.54) is 12.8 Å². The summed E-state index contributed by atoms with van der Waals surface area (Å²) in [6.45, 7) is 1.92. The number of nitrogens with zero attached hydrogens (tertiary/aromatic N) is 1. The molecule has 0 bridgehead atoms. The molecular weight excluding hydrogens is 194 g/mol. The Morgan fingerprint density at radius 1 is 1.60 bits per heavy atom. The first kappa shape index (κ1) is 6.40. The molecule has 1 fully saturated rings. The standard InChI is InChI=1S/C7H8BrNO/c1-4-6(8)9-7(10-4)5-2-3-5/h5H,2-3H2,1H3. The maximum Gasteiger partial charge on any atom is 0.198 e. The van der Waals surface area contributed by atoms with Crippen molar-refractivity contribution in [3.63, 3.8) is 0 Å². The molecule has 0 atom stereocenters. The molecule has 0 spiro atoms. The fraction of sp³-hybridized carbons (Fsp3) is 0.571. The number of rotatable bonds is 1. The lowest BCUT2D eigenvalue weighted by Crippen LogP contribution is -1.74. The second-order valence-corrected chi connectivity index (χ2v) is 3.42. The topological polar surface area (TPSA) is 26.0 Å². The van der Waals surface area contributed by atoms with Gasteiger partial charge in [0.1, 0.15) is 10.4 Å². The highest BCUT2D eigenvalue weighted by atomic mass is 79.9. The van der Waals surface area contributed by atoms with Gasteiger partial charge >= 0.3 is 0 Å². The first-order chi connectivity index (χ1) is 4.77. The fourth-order valence-corrected chi connectivity index (χ4v) is 1.16. The molecule has 2 rings (SSSR count). The minimum atomic E-state index is 0.616. The van der Waals surface area contributed by atoms with E-state index in [1.54, 1.807) is 0 Å². The van der Waals surface area contributed by atoms with E-state index >= 15 is 0 Å². The fourth-order valence-electron chi connectivity index (χ4n) is 0.902. The lowest BCUT2D eigenvalue weighted by molar-refractivity contribution is 0.473. The molecule has 1 aliphatic carbocycles. The molecule has 1 aromatic heterocycles. The molecule has 0 amide bonds. The molecule has 2 nitrogen and oxygen atoms in total. The lowest BCUT2D eigenvalue weighted by atomic mass is 10.4. The minimum absolute atomic E-state index is 0.616. The van der Waals surface area contributed by atoms with E-state index in [-0.39, 0.29) is 0 Å². The van der Waals surface area contributed by atoms with Crippen LogP contribution in [0.1, 0.15) is 30.4 Å². The Morgan fingerprint density at radius 2 is 2.30 bits per heavy atom. The number of halogens is 1. The molecule has 0 saturated heterocycles. The Kier molecular flexibility index (Phi) is 1.34. The van der Waals surface area contributed by atoms with Crippen molar-refractivity contribution < 1.29 is 4.42 Å². The molecule has 1 heterocycles. The number of hydrogen-bond acceptors (Lipinski definition) is 2. The zero-order valence-corrected chi connectivity index (χ0v) is 7.31. The van der Waals surface area contributed by atoms with Crippen molar-refractivity contribution in [1.29, 1.82) is 0 Å². The summed E-state index contributed by atoms with van der Waals surface area (Å²) in [5.74, 6) is 2.41. The summed E-state index contributed by atoms with van der Waals surface area (Å²) < 4.78 is 6.24. The smallest absolute Gasteiger partial charge is 0.198 e. The maximum atomic E-state index is 5.38. The van der Waals surface area contributed by atoms with Crippen LogP contribution in [0.4, 0.5) is 0 Å². The van der Waals surface area contributed by atoms with Crippen molar-refractivity contribution in [2.45, 2.75) is 25.7 Å². The van der Waals surface area contributed by atoms with Gasteiger partial charge in [0.2, 0.25) is 0 Å². The third-order valence-corrected chi connectivity index (χ3v) is 2.42. The van der Waals surface area contributed by atoms with Crippen LogP contribution in [0.2, 0.25) is 0 Å². The number of aromatic nitrogens is 1. The van der Waals surface area contributed by atoms with Crippen LogP contribution < -0.4 is 0 Å². The van der Waals surface area contributed by atoms with Gasteiger partial charge in [-0.3, -0.25) is 0 Å². The lowest BCUT2D eigenvalue weighted by Gasteiger charge is -1.82. The molecule has 0 unspecified atom stereocenters. The van der Waals surface area contributed by atoms with Gasteiger partial charge in [0.05, 0.1) is 0 Å². The molecule has 1 saturated carbocycles. The molecule has 3 heteroatoms. The normalized spacial score (nSPS) is 17.8. The summed E-state index contributed by atoms with van der Waals surface area (Å²) in [6, 6.07) is 0. The van der Waals surface area contributed by atoms with E-state index in [9.17, 15) is 0 Å². The summed E-state index contributed by atoms with van der Waals surface area (Å²) in [5, 5.41) is 0. The summed E-state index contributed by atoms with van der Waals surface area (Å²) in [5.41, 5.74) is 0. The highest BCUT2D eigenvalue weighted by Crippen LogP contribution is 2.40. The molecule has 10 heavy (non-hydrogen) atoms. The zero-order chi connectivity index (χ0) is 7.14. The molecule has 0 aromatic carbocycles. The van der Waals surface area contributed by atoms with Gasteiger partial charge in [-0.1, -0.05) is 0 Å². The second-order valence-electron chi connectivity index (χ2n) is 2.67. The Balaban J connectivity index is 2.34. The Labute approximate surface area is 67.8 Å². The average Bonchev–Trinajstić information content (AvgIpc) is 2.64.